The highest BCUT2D eigenvalue weighted by Gasteiger charge is 2.54. The predicted molar refractivity (Wildman–Crippen MR) is 154 cm³/mol. The zero-order valence-corrected chi connectivity index (χ0v) is 23.4. The van der Waals surface area contributed by atoms with Gasteiger partial charge >= 0.3 is 0 Å². The number of aromatic nitrogens is 1. The van der Waals surface area contributed by atoms with Crippen LogP contribution in [-0.4, -0.2) is 47.3 Å². The van der Waals surface area contributed by atoms with Crippen LogP contribution in [0.5, 0.6) is 17.2 Å². The van der Waals surface area contributed by atoms with Crippen molar-refractivity contribution in [2.75, 3.05) is 13.7 Å². The minimum atomic E-state index is -0.959. The third-order valence-electron chi connectivity index (χ3n) is 7.37. The topological polar surface area (TPSA) is 115 Å². The number of halogens is 1. The fourth-order valence-corrected chi connectivity index (χ4v) is 4.83. The molecule has 1 saturated carbocycles. The summed E-state index contributed by atoms with van der Waals surface area (Å²) in [5.74, 6) is 0.326. The van der Waals surface area contributed by atoms with Crippen molar-refractivity contribution in [3.8, 4) is 17.2 Å². The van der Waals surface area contributed by atoms with Gasteiger partial charge in [0.05, 0.1) is 22.6 Å². The van der Waals surface area contributed by atoms with Crippen LogP contribution in [0.4, 0.5) is 4.39 Å². The first kappa shape index (κ1) is 28.9. The van der Waals surface area contributed by atoms with Crippen molar-refractivity contribution in [1.29, 1.82) is 0 Å². The molecule has 0 bridgehead atoms. The maximum absolute atomic E-state index is 13.2. The molecule has 4 aromatic rings. The van der Waals surface area contributed by atoms with Gasteiger partial charge in [-0.1, -0.05) is 24.3 Å². The molecule has 0 saturated heterocycles. The van der Waals surface area contributed by atoms with Crippen LogP contribution in [0.25, 0.3) is 10.9 Å². The van der Waals surface area contributed by atoms with E-state index in [-0.39, 0.29) is 48.3 Å². The summed E-state index contributed by atoms with van der Waals surface area (Å²) in [5.41, 5.74) is 1.31. The van der Waals surface area contributed by atoms with Crippen LogP contribution in [0.2, 0.25) is 0 Å². The van der Waals surface area contributed by atoms with Gasteiger partial charge in [-0.3, -0.25) is 19.4 Å². The Morgan fingerprint density at radius 1 is 0.952 bits per heavy atom. The first-order valence-corrected chi connectivity index (χ1v) is 13.7. The first-order valence-electron chi connectivity index (χ1n) is 13.7. The maximum atomic E-state index is 13.2. The lowest BCUT2D eigenvalue weighted by molar-refractivity contribution is -0.133. The van der Waals surface area contributed by atoms with Gasteiger partial charge in [-0.05, 0) is 67.3 Å². The van der Waals surface area contributed by atoms with E-state index in [4.69, 9.17) is 9.47 Å². The molecule has 9 heteroatoms. The average molecular weight is 571 g/mol. The first-order chi connectivity index (χ1) is 20.2. The molecule has 1 aromatic heterocycles. The van der Waals surface area contributed by atoms with Gasteiger partial charge in [0.25, 0.3) is 5.91 Å². The minimum absolute atomic E-state index is 0.0179. The van der Waals surface area contributed by atoms with Crippen molar-refractivity contribution in [2.24, 2.45) is 5.41 Å². The number of carbonyl (C=O) groups excluding carboxylic acids is 3. The number of fused-ring (bicyclic) bond motifs is 1. The number of hydrogen-bond acceptors (Lipinski definition) is 7. The lowest BCUT2D eigenvalue weighted by Gasteiger charge is -2.15. The van der Waals surface area contributed by atoms with Gasteiger partial charge in [0.2, 0.25) is 0 Å². The van der Waals surface area contributed by atoms with Crippen molar-refractivity contribution >= 4 is 28.4 Å². The highest BCUT2D eigenvalue weighted by Crippen LogP contribution is 2.49. The SMILES string of the molecule is CNC(=O)c1cc2c(Oc3ccc(CC(=O)C4(C(=O)Cc5ccc(F)cc5)CC4)cc3)ccnc2cc1OCC(C)O. The molecule has 5 rings (SSSR count). The number of nitrogens with zero attached hydrogens (tertiary/aromatic N) is 1. The van der Waals surface area contributed by atoms with Gasteiger partial charge in [0, 0.05) is 37.5 Å². The summed E-state index contributed by atoms with van der Waals surface area (Å²) < 4.78 is 25.0. The zero-order valence-electron chi connectivity index (χ0n) is 23.4. The van der Waals surface area contributed by atoms with E-state index in [0.29, 0.717) is 46.6 Å². The number of Topliss-reactive ketones (excluding diaryl/α,β-unsaturated/α-hetero) is 2. The Morgan fingerprint density at radius 2 is 1.57 bits per heavy atom. The normalized spacial score (nSPS) is 14.2. The second-order valence-corrected chi connectivity index (χ2v) is 10.6. The van der Waals surface area contributed by atoms with Crippen molar-refractivity contribution in [3.05, 3.63) is 95.4 Å². The summed E-state index contributed by atoms with van der Waals surface area (Å²) >= 11 is 0. The van der Waals surface area contributed by atoms with Crippen LogP contribution in [0, 0.1) is 11.2 Å². The molecule has 1 aliphatic carbocycles. The molecule has 0 radical (unpaired) electrons. The number of rotatable bonds is 12. The number of aliphatic hydroxyl groups is 1. The maximum Gasteiger partial charge on any atom is 0.254 e. The third kappa shape index (κ3) is 6.31. The highest BCUT2D eigenvalue weighted by atomic mass is 19.1. The number of amides is 1. The summed E-state index contributed by atoms with van der Waals surface area (Å²) in [4.78, 5) is 43.1. The van der Waals surface area contributed by atoms with Crippen LogP contribution in [0.15, 0.2) is 72.9 Å². The third-order valence-corrected chi connectivity index (χ3v) is 7.37. The summed E-state index contributed by atoms with van der Waals surface area (Å²) in [6.07, 6.45) is 2.17. The van der Waals surface area contributed by atoms with Gasteiger partial charge < -0.3 is 19.9 Å². The van der Waals surface area contributed by atoms with Crippen molar-refractivity contribution in [3.63, 3.8) is 0 Å². The number of ketones is 2. The summed E-state index contributed by atoms with van der Waals surface area (Å²) in [7, 11) is 1.52. The quantitative estimate of drug-likeness (QED) is 0.231. The molecule has 1 atom stereocenters. The Hall–Kier alpha value is -4.63. The Kier molecular flexibility index (Phi) is 8.31. The molecule has 2 N–H and O–H groups in total. The Labute approximate surface area is 242 Å². The number of benzene rings is 3. The molecule has 8 nitrogen and oxygen atoms in total. The molecule has 42 heavy (non-hydrogen) atoms. The largest absolute Gasteiger partial charge is 0.490 e. The average Bonchev–Trinajstić information content (AvgIpc) is 3.80. The van der Waals surface area contributed by atoms with E-state index in [1.807, 2.05) is 0 Å². The standard InChI is InChI=1S/C33H31FN2O6/c1-20(37)19-41-29-18-27-25(17-26(29)32(40)35-2)28(11-14-36-27)42-24-9-5-22(6-10-24)16-31(39)33(12-13-33)30(38)15-21-3-7-23(34)8-4-21/h3-11,14,17-18,20,37H,12-13,15-16,19H2,1-2H3,(H,35,40). The summed E-state index contributed by atoms with van der Waals surface area (Å²) in [6, 6.07) is 17.8. The lowest BCUT2D eigenvalue weighted by atomic mass is 9.88. The molecule has 216 valence electrons. The van der Waals surface area contributed by atoms with Gasteiger partial charge in [-0.15, -0.1) is 0 Å². The number of pyridine rings is 1. The second kappa shape index (κ2) is 12.1. The van der Waals surface area contributed by atoms with Gasteiger partial charge in [0.15, 0.2) is 11.6 Å². The van der Waals surface area contributed by atoms with Crippen molar-refractivity contribution in [1.82, 2.24) is 10.3 Å². The predicted octanol–water partition coefficient (Wildman–Crippen LogP) is 4.99. The zero-order chi connectivity index (χ0) is 29.9. The van der Waals surface area contributed by atoms with E-state index in [1.165, 1.54) is 19.2 Å². The molecule has 1 amide bonds. The van der Waals surface area contributed by atoms with Crippen LogP contribution >= 0.6 is 0 Å². The van der Waals surface area contributed by atoms with Gasteiger partial charge in [0.1, 0.15) is 29.7 Å². The minimum Gasteiger partial charge on any atom is -0.490 e. The van der Waals surface area contributed by atoms with Gasteiger partial charge in [-0.2, -0.15) is 0 Å². The van der Waals surface area contributed by atoms with Crippen LogP contribution in [0.3, 0.4) is 0 Å². The van der Waals surface area contributed by atoms with E-state index in [1.54, 1.807) is 67.7 Å². The highest BCUT2D eigenvalue weighted by molar-refractivity contribution is 6.11. The Morgan fingerprint density at radius 3 is 2.14 bits per heavy atom. The van der Waals surface area contributed by atoms with E-state index in [0.717, 1.165) is 5.56 Å². The van der Waals surface area contributed by atoms with Crippen molar-refractivity contribution < 1.29 is 33.4 Å². The Balaban J connectivity index is 1.29. The fraction of sp³-hybridized carbons (Fsp3) is 0.273. The molecule has 1 fully saturated rings. The fourth-order valence-electron chi connectivity index (χ4n) is 4.83. The smallest absolute Gasteiger partial charge is 0.254 e. The monoisotopic (exact) mass is 570 g/mol. The van der Waals surface area contributed by atoms with Gasteiger partial charge in [-0.25, -0.2) is 4.39 Å². The van der Waals surface area contributed by atoms with E-state index in [9.17, 15) is 23.9 Å². The molecule has 1 aliphatic rings. The Bertz CT molecular complexity index is 1630. The van der Waals surface area contributed by atoms with E-state index in [2.05, 4.69) is 10.3 Å². The molecule has 3 aromatic carbocycles. The lowest BCUT2D eigenvalue weighted by Crippen LogP contribution is -2.28. The molecule has 1 unspecified atom stereocenters. The second-order valence-electron chi connectivity index (χ2n) is 10.6. The molecule has 0 aliphatic heterocycles. The van der Waals surface area contributed by atoms with Crippen LogP contribution < -0.4 is 14.8 Å². The van der Waals surface area contributed by atoms with Crippen LogP contribution in [-0.2, 0) is 22.4 Å². The number of carbonyl (C=O) groups is 3. The number of aliphatic hydroxyl groups excluding tert-OH is 1. The van der Waals surface area contributed by atoms with Crippen LogP contribution in [0.1, 0.15) is 41.3 Å². The van der Waals surface area contributed by atoms with Crippen molar-refractivity contribution in [2.45, 2.75) is 38.7 Å². The summed E-state index contributed by atoms with van der Waals surface area (Å²) in [6.45, 7) is 1.61. The van der Waals surface area contributed by atoms with E-state index < -0.39 is 11.5 Å². The molecule has 0 spiro atoms. The van der Waals surface area contributed by atoms with E-state index >= 15 is 0 Å². The number of hydrogen-bond donors (Lipinski definition) is 2. The number of nitrogens with one attached hydrogen (secondary N) is 1. The summed E-state index contributed by atoms with van der Waals surface area (Å²) in [5, 5.41) is 12.8. The molecular formula is C33H31FN2O6. The number of ether oxygens (including phenoxy) is 2. The molecular weight excluding hydrogens is 539 g/mol. The molecule has 1 heterocycles.